The first-order valence-corrected chi connectivity index (χ1v) is 6.98. The van der Waals surface area contributed by atoms with E-state index in [0.717, 1.165) is 0 Å². The predicted octanol–water partition coefficient (Wildman–Crippen LogP) is -2.47. The number of hydrogen-bond donors (Lipinski definition) is 3. The zero-order valence-corrected chi connectivity index (χ0v) is 10.6. The number of rotatable bonds is 7. The van der Waals surface area contributed by atoms with Gasteiger partial charge in [0.1, 0.15) is 6.54 Å². The van der Waals surface area contributed by atoms with Crippen molar-refractivity contribution in [1.82, 2.24) is 20.3 Å². The fourth-order valence-corrected chi connectivity index (χ4v) is 1.76. The maximum absolute atomic E-state index is 11.4. The Morgan fingerprint density at radius 3 is 2.78 bits per heavy atom. The summed E-state index contributed by atoms with van der Waals surface area (Å²) in [5, 5.41) is 14.8. The fourth-order valence-electron chi connectivity index (χ4n) is 1.21. The third-order valence-electron chi connectivity index (χ3n) is 2.03. The lowest BCUT2D eigenvalue weighted by molar-refractivity contribution is -0.121. The molecule has 0 spiro atoms. The van der Waals surface area contributed by atoms with Gasteiger partial charge >= 0.3 is 0 Å². The number of nitrogens with two attached hydrogens (primary N) is 2. The van der Waals surface area contributed by atoms with Gasteiger partial charge in [0.15, 0.2) is 0 Å². The van der Waals surface area contributed by atoms with Crippen molar-refractivity contribution in [3.8, 4) is 0 Å². The molecule has 0 aromatic carbocycles. The SMILES string of the molecule is NCc1cn(CC(=O)NCCCS(N)(=O)=O)nn1. The normalized spacial score (nSPS) is 11.4. The van der Waals surface area contributed by atoms with Crippen molar-refractivity contribution in [1.29, 1.82) is 0 Å². The van der Waals surface area contributed by atoms with Gasteiger partial charge < -0.3 is 11.1 Å². The van der Waals surface area contributed by atoms with Gasteiger partial charge in [-0.15, -0.1) is 5.10 Å². The molecule has 0 bridgehead atoms. The van der Waals surface area contributed by atoms with Crippen molar-refractivity contribution < 1.29 is 13.2 Å². The Hall–Kier alpha value is -1.52. The minimum Gasteiger partial charge on any atom is -0.354 e. The van der Waals surface area contributed by atoms with Gasteiger partial charge in [0.05, 0.1) is 17.6 Å². The molecule has 1 aromatic heterocycles. The molecule has 0 aliphatic rings. The summed E-state index contributed by atoms with van der Waals surface area (Å²) in [7, 11) is -3.47. The summed E-state index contributed by atoms with van der Waals surface area (Å²) in [5.41, 5.74) is 5.94. The van der Waals surface area contributed by atoms with E-state index in [9.17, 15) is 13.2 Å². The van der Waals surface area contributed by atoms with Crippen LogP contribution in [0.3, 0.4) is 0 Å². The van der Waals surface area contributed by atoms with Crippen LogP contribution in [-0.2, 0) is 27.9 Å². The summed E-state index contributed by atoms with van der Waals surface area (Å²) >= 11 is 0. The zero-order valence-electron chi connectivity index (χ0n) is 9.74. The van der Waals surface area contributed by atoms with Crippen LogP contribution in [0.15, 0.2) is 6.20 Å². The Balaban J connectivity index is 2.25. The van der Waals surface area contributed by atoms with E-state index in [0.29, 0.717) is 5.69 Å². The number of carbonyl (C=O) groups is 1. The van der Waals surface area contributed by atoms with E-state index in [4.69, 9.17) is 10.9 Å². The number of nitrogens with one attached hydrogen (secondary N) is 1. The smallest absolute Gasteiger partial charge is 0.241 e. The van der Waals surface area contributed by atoms with E-state index in [1.165, 1.54) is 4.68 Å². The number of primary sulfonamides is 1. The van der Waals surface area contributed by atoms with Crippen LogP contribution in [0.2, 0.25) is 0 Å². The molecule has 0 fully saturated rings. The second kappa shape index (κ2) is 6.42. The third kappa shape index (κ3) is 5.70. The predicted molar refractivity (Wildman–Crippen MR) is 63.5 cm³/mol. The topological polar surface area (TPSA) is 146 Å². The van der Waals surface area contributed by atoms with E-state index in [2.05, 4.69) is 15.6 Å². The molecule has 18 heavy (non-hydrogen) atoms. The molecule has 0 atom stereocenters. The number of amides is 1. The fraction of sp³-hybridized carbons (Fsp3) is 0.625. The van der Waals surface area contributed by atoms with Crippen molar-refractivity contribution >= 4 is 15.9 Å². The van der Waals surface area contributed by atoms with Crippen molar-refractivity contribution in [2.24, 2.45) is 10.9 Å². The number of carbonyl (C=O) groups excluding carboxylic acids is 1. The highest BCUT2D eigenvalue weighted by Crippen LogP contribution is 1.91. The quantitative estimate of drug-likeness (QED) is 0.470. The highest BCUT2D eigenvalue weighted by molar-refractivity contribution is 7.89. The van der Waals surface area contributed by atoms with Crippen LogP contribution >= 0.6 is 0 Å². The Morgan fingerprint density at radius 1 is 1.50 bits per heavy atom. The lowest BCUT2D eigenvalue weighted by Crippen LogP contribution is -2.30. The summed E-state index contributed by atoms with van der Waals surface area (Å²) in [6, 6.07) is 0. The van der Waals surface area contributed by atoms with Crippen LogP contribution in [-0.4, -0.2) is 41.6 Å². The Bertz CT molecular complexity index is 497. The second-order valence-corrected chi connectivity index (χ2v) is 5.42. The minimum atomic E-state index is -3.47. The van der Waals surface area contributed by atoms with Gasteiger partial charge in [-0.3, -0.25) is 4.79 Å². The van der Waals surface area contributed by atoms with Gasteiger partial charge in [0.25, 0.3) is 0 Å². The van der Waals surface area contributed by atoms with Crippen LogP contribution in [0.5, 0.6) is 0 Å². The summed E-state index contributed by atoms with van der Waals surface area (Å²) < 4.78 is 22.6. The standard InChI is InChI=1S/C8H16N6O3S/c9-4-7-5-14(13-12-7)6-8(15)11-2-1-3-18(10,16)17/h5H,1-4,6,9H2,(H,11,15)(H2,10,16,17). The number of hydrogen-bond acceptors (Lipinski definition) is 6. The zero-order chi connectivity index (χ0) is 13.6. The average Bonchev–Trinajstić information content (AvgIpc) is 2.71. The molecule has 0 aliphatic carbocycles. The molecule has 5 N–H and O–H groups in total. The monoisotopic (exact) mass is 276 g/mol. The minimum absolute atomic E-state index is 0.0162. The van der Waals surface area contributed by atoms with E-state index in [1.54, 1.807) is 6.20 Å². The molecule has 9 nitrogen and oxygen atoms in total. The van der Waals surface area contributed by atoms with Gasteiger partial charge in [-0.25, -0.2) is 18.2 Å². The van der Waals surface area contributed by atoms with Crippen molar-refractivity contribution in [3.63, 3.8) is 0 Å². The molecule has 0 radical (unpaired) electrons. The van der Waals surface area contributed by atoms with Gasteiger partial charge in [-0.05, 0) is 6.42 Å². The van der Waals surface area contributed by atoms with Crippen LogP contribution in [0, 0.1) is 0 Å². The first kappa shape index (κ1) is 14.5. The summed E-state index contributed by atoms with van der Waals surface area (Å²) in [5.74, 6) is -0.439. The Morgan fingerprint density at radius 2 is 2.22 bits per heavy atom. The van der Waals surface area contributed by atoms with E-state index in [1.807, 2.05) is 0 Å². The molecule has 1 heterocycles. The second-order valence-electron chi connectivity index (χ2n) is 3.68. The molecule has 0 aliphatic heterocycles. The van der Waals surface area contributed by atoms with Gasteiger partial charge in [0.2, 0.25) is 15.9 Å². The Kier molecular flexibility index (Phi) is 5.19. The molecule has 1 aromatic rings. The van der Waals surface area contributed by atoms with Crippen molar-refractivity contribution in [2.75, 3.05) is 12.3 Å². The van der Waals surface area contributed by atoms with Gasteiger partial charge in [-0.2, -0.15) is 0 Å². The molecule has 0 unspecified atom stereocenters. The maximum atomic E-state index is 11.4. The molecule has 0 saturated heterocycles. The number of sulfonamides is 1. The van der Waals surface area contributed by atoms with E-state index < -0.39 is 10.0 Å². The molecule has 10 heteroatoms. The number of nitrogens with zero attached hydrogens (tertiary/aromatic N) is 3. The Labute approximate surface area is 105 Å². The lowest BCUT2D eigenvalue weighted by Gasteiger charge is -2.04. The van der Waals surface area contributed by atoms with Crippen molar-refractivity contribution in [3.05, 3.63) is 11.9 Å². The van der Waals surface area contributed by atoms with Crippen LogP contribution < -0.4 is 16.2 Å². The summed E-state index contributed by atoms with van der Waals surface area (Å²) in [6.07, 6.45) is 1.85. The maximum Gasteiger partial charge on any atom is 0.241 e. The molecular formula is C8H16N6O3S. The van der Waals surface area contributed by atoms with Gasteiger partial charge in [0, 0.05) is 13.1 Å². The third-order valence-corrected chi connectivity index (χ3v) is 2.89. The highest BCUT2D eigenvalue weighted by Gasteiger charge is 2.06. The summed E-state index contributed by atoms with van der Waals surface area (Å²) in [4.78, 5) is 11.4. The molecule has 1 rings (SSSR count). The molecule has 1 amide bonds. The van der Waals surface area contributed by atoms with E-state index in [-0.39, 0.29) is 37.7 Å². The molecular weight excluding hydrogens is 260 g/mol. The highest BCUT2D eigenvalue weighted by atomic mass is 32.2. The average molecular weight is 276 g/mol. The van der Waals surface area contributed by atoms with Crippen LogP contribution in [0.1, 0.15) is 12.1 Å². The van der Waals surface area contributed by atoms with E-state index >= 15 is 0 Å². The largest absolute Gasteiger partial charge is 0.354 e. The first-order valence-electron chi connectivity index (χ1n) is 5.27. The lowest BCUT2D eigenvalue weighted by atomic mass is 10.4. The summed E-state index contributed by atoms with van der Waals surface area (Å²) in [6.45, 7) is 0.520. The van der Waals surface area contributed by atoms with Crippen LogP contribution in [0.25, 0.3) is 0 Å². The molecule has 0 saturated carbocycles. The van der Waals surface area contributed by atoms with Crippen LogP contribution in [0.4, 0.5) is 0 Å². The number of aromatic nitrogens is 3. The van der Waals surface area contributed by atoms with Crippen molar-refractivity contribution in [2.45, 2.75) is 19.5 Å². The first-order chi connectivity index (χ1) is 8.40. The van der Waals surface area contributed by atoms with Gasteiger partial charge in [-0.1, -0.05) is 5.21 Å². The molecule has 102 valence electrons.